The van der Waals surface area contributed by atoms with Crippen LogP contribution < -0.4 is 10.2 Å². The number of aryl methyl sites for hydroxylation is 1. The molecule has 10 heteroatoms. The first kappa shape index (κ1) is 23.1. The summed E-state index contributed by atoms with van der Waals surface area (Å²) in [5.41, 5.74) is 1.15. The number of piperazine rings is 1. The molecule has 0 amide bonds. The predicted octanol–water partition coefficient (Wildman–Crippen LogP) is 3.10. The molecule has 0 bridgehead atoms. The van der Waals surface area contributed by atoms with Gasteiger partial charge >= 0.3 is 0 Å². The van der Waals surface area contributed by atoms with Gasteiger partial charge in [-0.3, -0.25) is 4.99 Å². The summed E-state index contributed by atoms with van der Waals surface area (Å²) in [7, 11) is 0. The van der Waals surface area contributed by atoms with Gasteiger partial charge in [0.1, 0.15) is 11.0 Å². The number of nitrogens with zero attached hydrogens (tertiary/aromatic N) is 6. The molecule has 2 aromatic rings. The maximum absolute atomic E-state index is 5.84. The second kappa shape index (κ2) is 11.7. The third-order valence-electron chi connectivity index (χ3n) is 4.41. The van der Waals surface area contributed by atoms with Gasteiger partial charge < -0.3 is 15.1 Å². The molecule has 1 aliphatic heterocycles. The van der Waals surface area contributed by atoms with Crippen molar-refractivity contribution in [1.82, 2.24) is 24.6 Å². The van der Waals surface area contributed by atoms with Gasteiger partial charge in [-0.05, 0) is 25.0 Å². The van der Waals surface area contributed by atoms with Crippen LogP contribution in [0.25, 0.3) is 0 Å². The molecule has 1 fully saturated rings. The highest BCUT2D eigenvalue weighted by atomic mass is 127. The van der Waals surface area contributed by atoms with Gasteiger partial charge in [0.05, 0.1) is 0 Å². The molecule has 0 unspecified atom stereocenters. The molecule has 0 aliphatic carbocycles. The second-order valence-electron chi connectivity index (χ2n) is 6.30. The van der Waals surface area contributed by atoms with Crippen LogP contribution in [0.5, 0.6) is 0 Å². The van der Waals surface area contributed by atoms with Gasteiger partial charge in [0.15, 0.2) is 5.96 Å². The molecular weight excluding hydrogens is 509 g/mol. The number of aliphatic imine (C=N–C) groups is 1. The Hall–Kier alpha value is -1.20. The van der Waals surface area contributed by atoms with Crippen LogP contribution in [0, 0.1) is 0 Å². The molecule has 0 radical (unpaired) electrons. The molecule has 0 atom stereocenters. The Balaban J connectivity index is 0.00000280. The van der Waals surface area contributed by atoms with E-state index in [4.69, 9.17) is 16.6 Å². The van der Waals surface area contributed by atoms with Gasteiger partial charge in [0, 0.05) is 63.4 Å². The van der Waals surface area contributed by atoms with Crippen LogP contribution in [0.4, 0.5) is 5.13 Å². The molecule has 1 aliphatic rings. The first-order chi connectivity index (χ1) is 13.2. The first-order valence-electron chi connectivity index (χ1n) is 9.40. The van der Waals surface area contributed by atoms with E-state index in [1.807, 2.05) is 18.3 Å². The highest BCUT2D eigenvalue weighted by molar-refractivity contribution is 14.0. The summed E-state index contributed by atoms with van der Waals surface area (Å²) in [5.74, 6) is 1.91. The predicted molar refractivity (Wildman–Crippen MR) is 127 cm³/mol. The monoisotopic (exact) mass is 535 g/mol. The van der Waals surface area contributed by atoms with E-state index in [1.54, 1.807) is 0 Å². The Bertz CT molecular complexity index is 745. The van der Waals surface area contributed by atoms with Crippen molar-refractivity contribution in [2.45, 2.75) is 26.7 Å². The third kappa shape index (κ3) is 6.41. The lowest BCUT2D eigenvalue weighted by Gasteiger charge is -2.36. The van der Waals surface area contributed by atoms with Crippen LogP contribution in [0.1, 0.15) is 25.2 Å². The fraction of sp³-hybridized carbons (Fsp3) is 0.556. The van der Waals surface area contributed by atoms with E-state index < -0.39 is 0 Å². The molecule has 154 valence electrons. The quantitative estimate of drug-likeness (QED) is 0.265. The fourth-order valence-corrected chi connectivity index (χ4v) is 3.81. The summed E-state index contributed by atoms with van der Waals surface area (Å²) >= 11 is 7.34. The number of anilines is 1. The van der Waals surface area contributed by atoms with E-state index in [-0.39, 0.29) is 24.0 Å². The van der Waals surface area contributed by atoms with Crippen molar-refractivity contribution in [2.75, 3.05) is 44.2 Å². The minimum atomic E-state index is 0. The van der Waals surface area contributed by atoms with Crippen LogP contribution in [0.15, 0.2) is 23.3 Å². The van der Waals surface area contributed by atoms with Crippen molar-refractivity contribution >= 4 is 58.2 Å². The van der Waals surface area contributed by atoms with E-state index in [9.17, 15) is 0 Å². The fourth-order valence-electron chi connectivity index (χ4n) is 2.90. The Morgan fingerprint density at radius 2 is 2.04 bits per heavy atom. The number of rotatable bonds is 6. The number of halogens is 2. The van der Waals surface area contributed by atoms with Gasteiger partial charge in [-0.1, -0.05) is 24.6 Å². The average Bonchev–Trinajstić information content (AvgIpc) is 3.18. The SMILES string of the molecule is CCNC(=NCCc1ccc(Cl)nc1)N1CCN(c2nc(CC)ns2)CC1.I. The van der Waals surface area contributed by atoms with E-state index in [2.05, 4.69) is 43.3 Å². The summed E-state index contributed by atoms with van der Waals surface area (Å²) in [5, 5.41) is 4.97. The maximum Gasteiger partial charge on any atom is 0.205 e. The maximum atomic E-state index is 5.84. The van der Waals surface area contributed by atoms with Gasteiger partial charge in [0.25, 0.3) is 0 Å². The van der Waals surface area contributed by atoms with Crippen LogP contribution in [0.2, 0.25) is 5.15 Å². The molecule has 0 spiro atoms. The van der Waals surface area contributed by atoms with Crippen molar-refractivity contribution in [2.24, 2.45) is 4.99 Å². The van der Waals surface area contributed by atoms with Crippen LogP contribution in [-0.4, -0.2) is 64.5 Å². The van der Waals surface area contributed by atoms with Crippen molar-refractivity contribution < 1.29 is 0 Å². The second-order valence-corrected chi connectivity index (χ2v) is 7.41. The van der Waals surface area contributed by atoms with E-state index in [1.165, 1.54) is 11.5 Å². The number of hydrogen-bond donors (Lipinski definition) is 1. The first-order valence-corrected chi connectivity index (χ1v) is 10.6. The Labute approximate surface area is 192 Å². The molecule has 3 rings (SSSR count). The van der Waals surface area contributed by atoms with Crippen LogP contribution in [-0.2, 0) is 12.8 Å². The molecule has 3 heterocycles. The number of nitrogens with one attached hydrogen (secondary N) is 1. The molecule has 0 aromatic carbocycles. The standard InChI is InChI=1S/C18H26ClN7S.HI/c1-3-16-23-18(27-24-16)26-11-9-25(10-12-26)17(20-4-2)21-8-7-14-5-6-15(19)22-13-14;/h5-6,13H,3-4,7-12H2,1-2H3,(H,20,21);1H. The lowest BCUT2D eigenvalue weighted by Crippen LogP contribution is -2.52. The molecule has 28 heavy (non-hydrogen) atoms. The van der Waals surface area contributed by atoms with Crippen molar-refractivity contribution in [3.05, 3.63) is 34.9 Å². The number of guanidine groups is 1. The van der Waals surface area contributed by atoms with Gasteiger partial charge in [0.2, 0.25) is 5.13 Å². The molecule has 7 nitrogen and oxygen atoms in total. The largest absolute Gasteiger partial charge is 0.357 e. The minimum absolute atomic E-state index is 0. The zero-order chi connectivity index (χ0) is 19.1. The molecule has 1 saturated heterocycles. The van der Waals surface area contributed by atoms with Crippen molar-refractivity contribution in [1.29, 1.82) is 0 Å². The lowest BCUT2D eigenvalue weighted by molar-refractivity contribution is 0.372. The summed E-state index contributed by atoms with van der Waals surface area (Å²) in [4.78, 5) is 18.2. The average molecular weight is 536 g/mol. The Morgan fingerprint density at radius 3 is 2.64 bits per heavy atom. The zero-order valence-electron chi connectivity index (χ0n) is 16.3. The molecular formula is C18H27ClIN7S. The Kier molecular flexibility index (Phi) is 9.66. The summed E-state index contributed by atoms with van der Waals surface area (Å²) in [6, 6.07) is 3.83. The number of pyridine rings is 1. The van der Waals surface area contributed by atoms with E-state index >= 15 is 0 Å². The highest BCUT2D eigenvalue weighted by Crippen LogP contribution is 2.19. The van der Waals surface area contributed by atoms with Crippen LogP contribution in [0.3, 0.4) is 0 Å². The normalized spacial score (nSPS) is 14.8. The molecule has 1 N–H and O–H groups in total. The third-order valence-corrected chi connectivity index (χ3v) is 5.45. The minimum Gasteiger partial charge on any atom is -0.357 e. The van der Waals surface area contributed by atoms with Gasteiger partial charge in [-0.15, -0.1) is 24.0 Å². The molecule has 2 aromatic heterocycles. The van der Waals surface area contributed by atoms with Gasteiger partial charge in [-0.25, -0.2) is 9.97 Å². The summed E-state index contributed by atoms with van der Waals surface area (Å²) in [6.07, 6.45) is 3.55. The Morgan fingerprint density at radius 1 is 1.25 bits per heavy atom. The summed E-state index contributed by atoms with van der Waals surface area (Å²) in [6.45, 7) is 9.49. The zero-order valence-corrected chi connectivity index (χ0v) is 20.2. The van der Waals surface area contributed by atoms with E-state index in [0.29, 0.717) is 5.15 Å². The van der Waals surface area contributed by atoms with Gasteiger partial charge in [-0.2, -0.15) is 4.37 Å². The molecule has 0 saturated carbocycles. The van der Waals surface area contributed by atoms with Crippen LogP contribution >= 0.6 is 47.1 Å². The lowest BCUT2D eigenvalue weighted by atomic mass is 10.2. The smallest absolute Gasteiger partial charge is 0.205 e. The number of aromatic nitrogens is 3. The number of hydrogen-bond acceptors (Lipinski definition) is 6. The highest BCUT2D eigenvalue weighted by Gasteiger charge is 2.21. The van der Waals surface area contributed by atoms with E-state index in [0.717, 1.165) is 74.6 Å². The summed E-state index contributed by atoms with van der Waals surface area (Å²) < 4.78 is 4.39. The van der Waals surface area contributed by atoms with Crippen molar-refractivity contribution in [3.63, 3.8) is 0 Å². The topological polar surface area (TPSA) is 69.5 Å². The van der Waals surface area contributed by atoms with Crippen molar-refractivity contribution in [3.8, 4) is 0 Å².